The van der Waals surface area contributed by atoms with E-state index in [2.05, 4.69) is 4.99 Å². The van der Waals surface area contributed by atoms with Crippen molar-refractivity contribution in [3.8, 4) is 0 Å². The van der Waals surface area contributed by atoms with E-state index in [4.69, 9.17) is 4.42 Å². The molecule has 0 bridgehead atoms. The van der Waals surface area contributed by atoms with Crippen LogP contribution in [-0.4, -0.2) is 6.08 Å². The number of hydrogen-bond acceptors (Lipinski definition) is 3. The molecule has 0 amide bonds. The summed E-state index contributed by atoms with van der Waals surface area (Å²) in [5.74, 6) is 0.297. The molecule has 0 aliphatic rings. The fourth-order valence-corrected chi connectivity index (χ4v) is 1.07. The summed E-state index contributed by atoms with van der Waals surface area (Å²) in [4.78, 5) is 13.3. The highest BCUT2D eigenvalue weighted by Gasteiger charge is 1.99. The van der Waals surface area contributed by atoms with Gasteiger partial charge in [0.2, 0.25) is 12.0 Å². The fraction of sp³-hybridized carbons (Fsp3) is 0. The SMILES string of the molecule is O=C=Nc1cc2ccccc2o1. The van der Waals surface area contributed by atoms with Crippen molar-refractivity contribution < 1.29 is 9.21 Å². The van der Waals surface area contributed by atoms with E-state index in [1.165, 1.54) is 6.08 Å². The molecule has 0 atom stereocenters. The third-order valence-electron chi connectivity index (χ3n) is 1.57. The number of benzene rings is 1. The summed E-state index contributed by atoms with van der Waals surface area (Å²) in [5, 5.41) is 0.937. The lowest BCUT2D eigenvalue weighted by Gasteiger charge is -1.81. The number of hydrogen-bond donors (Lipinski definition) is 0. The Bertz CT molecular complexity index is 419. The number of furan rings is 1. The highest BCUT2D eigenvalue weighted by molar-refractivity contribution is 5.80. The van der Waals surface area contributed by atoms with Crippen molar-refractivity contribution in [1.29, 1.82) is 0 Å². The van der Waals surface area contributed by atoms with Crippen LogP contribution in [0.15, 0.2) is 39.7 Å². The largest absolute Gasteiger partial charge is 0.438 e. The number of nitrogens with zero attached hydrogens (tertiary/aromatic N) is 1. The number of aliphatic imine (C=N–C) groups is 1. The smallest absolute Gasteiger partial charge is 0.243 e. The van der Waals surface area contributed by atoms with Gasteiger partial charge in [0.1, 0.15) is 5.58 Å². The van der Waals surface area contributed by atoms with Gasteiger partial charge in [0, 0.05) is 11.5 Å². The van der Waals surface area contributed by atoms with Crippen LogP contribution in [0.3, 0.4) is 0 Å². The Morgan fingerprint density at radius 1 is 1.33 bits per heavy atom. The van der Waals surface area contributed by atoms with E-state index in [0.717, 1.165) is 11.0 Å². The van der Waals surface area contributed by atoms with Gasteiger partial charge in [-0.3, -0.25) is 0 Å². The summed E-state index contributed by atoms with van der Waals surface area (Å²) < 4.78 is 5.18. The standard InChI is InChI=1S/C9H5NO2/c11-6-10-9-5-7-3-1-2-4-8(7)12-9/h1-5H. The predicted octanol–water partition coefficient (Wildman–Crippen LogP) is 2.40. The molecule has 0 spiro atoms. The maximum Gasteiger partial charge on any atom is 0.243 e. The molecule has 0 N–H and O–H groups in total. The molecule has 3 nitrogen and oxygen atoms in total. The van der Waals surface area contributed by atoms with Crippen molar-refractivity contribution >= 4 is 22.9 Å². The Balaban J connectivity index is 2.69. The van der Waals surface area contributed by atoms with Gasteiger partial charge in [0.25, 0.3) is 0 Å². The summed E-state index contributed by atoms with van der Waals surface area (Å²) in [7, 11) is 0. The molecular formula is C9H5NO2. The van der Waals surface area contributed by atoms with Gasteiger partial charge in [-0.25, -0.2) is 4.79 Å². The maximum absolute atomic E-state index is 9.90. The summed E-state index contributed by atoms with van der Waals surface area (Å²) in [5.41, 5.74) is 0.728. The molecule has 2 rings (SSSR count). The molecular weight excluding hydrogens is 154 g/mol. The van der Waals surface area contributed by atoms with E-state index in [9.17, 15) is 4.79 Å². The first-order chi connectivity index (χ1) is 5.90. The second-order valence-corrected chi connectivity index (χ2v) is 2.33. The lowest BCUT2D eigenvalue weighted by molar-refractivity contribution is 0.561. The number of fused-ring (bicyclic) bond motifs is 1. The van der Waals surface area contributed by atoms with Gasteiger partial charge >= 0.3 is 0 Å². The minimum atomic E-state index is 0.297. The van der Waals surface area contributed by atoms with Crippen LogP contribution in [0.2, 0.25) is 0 Å². The van der Waals surface area contributed by atoms with Crippen molar-refractivity contribution in [3.05, 3.63) is 30.3 Å². The Morgan fingerprint density at radius 2 is 2.17 bits per heavy atom. The van der Waals surface area contributed by atoms with Crippen molar-refractivity contribution in [1.82, 2.24) is 0 Å². The molecule has 3 heteroatoms. The van der Waals surface area contributed by atoms with Crippen molar-refractivity contribution in [2.75, 3.05) is 0 Å². The van der Waals surface area contributed by atoms with Gasteiger partial charge in [-0.2, -0.15) is 0 Å². The van der Waals surface area contributed by atoms with Crippen molar-refractivity contribution in [2.24, 2.45) is 4.99 Å². The molecule has 1 heterocycles. The van der Waals surface area contributed by atoms with Crippen molar-refractivity contribution in [2.45, 2.75) is 0 Å². The first kappa shape index (κ1) is 6.83. The van der Waals surface area contributed by atoms with E-state index >= 15 is 0 Å². The molecule has 0 aliphatic heterocycles. The topological polar surface area (TPSA) is 42.6 Å². The Kier molecular flexibility index (Phi) is 1.50. The maximum atomic E-state index is 9.90. The zero-order valence-corrected chi connectivity index (χ0v) is 6.15. The van der Waals surface area contributed by atoms with E-state index in [1.54, 1.807) is 6.07 Å². The van der Waals surface area contributed by atoms with E-state index in [-0.39, 0.29) is 0 Å². The normalized spacial score (nSPS) is 9.67. The van der Waals surface area contributed by atoms with E-state index < -0.39 is 0 Å². The van der Waals surface area contributed by atoms with E-state index in [0.29, 0.717) is 5.88 Å². The summed E-state index contributed by atoms with van der Waals surface area (Å²) in [6.45, 7) is 0. The second kappa shape index (κ2) is 2.64. The number of carbonyl (C=O) groups excluding carboxylic acids is 1. The monoisotopic (exact) mass is 159 g/mol. The number of para-hydroxylation sites is 1. The van der Waals surface area contributed by atoms with Crippen LogP contribution in [0.4, 0.5) is 5.88 Å². The van der Waals surface area contributed by atoms with Gasteiger partial charge in [0.05, 0.1) is 0 Å². The highest BCUT2D eigenvalue weighted by Crippen LogP contribution is 2.23. The second-order valence-electron chi connectivity index (χ2n) is 2.33. The summed E-state index contributed by atoms with van der Waals surface area (Å²) in [6, 6.07) is 9.16. The lowest BCUT2D eigenvalue weighted by atomic mass is 10.3. The summed E-state index contributed by atoms with van der Waals surface area (Å²) in [6.07, 6.45) is 1.43. The van der Waals surface area contributed by atoms with Crippen LogP contribution in [0, 0.1) is 0 Å². The van der Waals surface area contributed by atoms with Crippen molar-refractivity contribution in [3.63, 3.8) is 0 Å². The average Bonchev–Trinajstić information content (AvgIpc) is 2.47. The molecule has 0 aliphatic carbocycles. The molecule has 2 aromatic rings. The Labute approximate surface area is 68.3 Å². The van der Waals surface area contributed by atoms with Gasteiger partial charge in [-0.15, -0.1) is 4.99 Å². The first-order valence-corrected chi connectivity index (χ1v) is 3.46. The fourth-order valence-electron chi connectivity index (χ4n) is 1.07. The van der Waals surface area contributed by atoms with Gasteiger partial charge in [-0.1, -0.05) is 18.2 Å². The molecule has 12 heavy (non-hydrogen) atoms. The number of isocyanates is 1. The minimum absolute atomic E-state index is 0.297. The Hall–Kier alpha value is -1.86. The molecule has 0 unspecified atom stereocenters. The predicted molar refractivity (Wildman–Crippen MR) is 44.0 cm³/mol. The van der Waals surface area contributed by atoms with Crippen LogP contribution in [0.5, 0.6) is 0 Å². The van der Waals surface area contributed by atoms with Gasteiger partial charge < -0.3 is 4.42 Å². The number of rotatable bonds is 1. The first-order valence-electron chi connectivity index (χ1n) is 3.46. The van der Waals surface area contributed by atoms with Crippen LogP contribution in [0.1, 0.15) is 0 Å². The molecule has 0 saturated carbocycles. The zero-order chi connectivity index (χ0) is 8.39. The van der Waals surface area contributed by atoms with Crippen LogP contribution >= 0.6 is 0 Å². The third-order valence-corrected chi connectivity index (χ3v) is 1.57. The lowest BCUT2D eigenvalue weighted by Crippen LogP contribution is -1.57. The molecule has 58 valence electrons. The van der Waals surface area contributed by atoms with E-state index in [1.807, 2.05) is 24.3 Å². The molecule has 0 fully saturated rings. The average molecular weight is 159 g/mol. The molecule has 0 radical (unpaired) electrons. The minimum Gasteiger partial charge on any atom is -0.438 e. The third kappa shape index (κ3) is 1.02. The quantitative estimate of drug-likeness (QED) is 0.473. The van der Waals surface area contributed by atoms with Gasteiger partial charge in [0.15, 0.2) is 0 Å². The zero-order valence-electron chi connectivity index (χ0n) is 6.15. The van der Waals surface area contributed by atoms with Gasteiger partial charge in [-0.05, 0) is 6.07 Å². The Morgan fingerprint density at radius 3 is 2.92 bits per heavy atom. The van der Waals surface area contributed by atoms with Crippen LogP contribution in [-0.2, 0) is 4.79 Å². The highest BCUT2D eigenvalue weighted by atomic mass is 16.3. The molecule has 0 saturated heterocycles. The summed E-state index contributed by atoms with van der Waals surface area (Å²) >= 11 is 0. The van der Waals surface area contributed by atoms with Crippen LogP contribution < -0.4 is 0 Å². The molecule has 1 aromatic heterocycles. The van der Waals surface area contributed by atoms with Crippen LogP contribution in [0.25, 0.3) is 11.0 Å². The molecule has 1 aromatic carbocycles.